The summed E-state index contributed by atoms with van der Waals surface area (Å²) in [6, 6.07) is 12.4. The van der Waals surface area contributed by atoms with Gasteiger partial charge in [0.1, 0.15) is 11.6 Å². The number of carboxylic acids is 1. The first-order valence-electron chi connectivity index (χ1n) is 7.34. The number of anilines is 1. The van der Waals surface area contributed by atoms with Gasteiger partial charge < -0.3 is 20.7 Å². The summed E-state index contributed by atoms with van der Waals surface area (Å²) in [5.74, 6) is -0.614. The molecular formula is C17H19N3O3S. The van der Waals surface area contributed by atoms with Crippen LogP contribution in [0, 0.1) is 5.41 Å². The predicted molar refractivity (Wildman–Crippen MR) is 94.8 cm³/mol. The van der Waals surface area contributed by atoms with Crippen molar-refractivity contribution in [2.45, 2.75) is 17.9 Å². The van der Waals surface area contributed by atoms with Crippen molar-refractivity contribution in [1.29, 1.82) is 5.41 Å². The molecule has 0 saturated heterocycles. The standard InChI is InChI=1S/C17H19N3O3S/c1-2-24(23)14-5-3-4-12(10-14)15(17(21)22)20-13-8-6-11(7-9-13)16(18)19/h3-10,15,20H,2H2,1H3,(H3,18,19)(H,21,22). The minimum Gasteiger partial charge on any atom is -0.611 e. The Bertz CT molecular complexity index is 734. The van der Waals surface area contributed by atoms with Gasteiger partial charge in [-0.25, -0.2) is 4.79 Å². The topological polar surface area (TPSA) is 122 Å². The van der Waals surface area contributed by atoms with E-state index in [0.29, 0.717) is 27.5 Å². The van der Waals surface area contributed by atoms with E-state index in [1.807, 2.05) is 6.92 Å². The van der Waals surface area contributed by atoms with Gasteiger partial charge in [0, 0.05) is 11.3 Å². The van der Waals surface area contributed by atoms with Crippen molar-refractivity contribution in [3.05, 3.63) is 59.7 Å². The maximum atomic E-state index is 11.9. The number of carbonyl (C=O) groups is 1. The molecule has 0 heterocycles. The summed E-state index contributed by atoms with van der Waals surface area (Å²) in [5, 5.41) is 19.8. The Hall–Kier alpha value is -2.51. The van der Waals surface area contributed by atoms with E-state index in [9.17, 15) is 14.5 Å². The van der Waals surface area contributed by atoms with Gasteiger partial charge in [-0.1, -0.05) is 12.1 Å². The molecule has 2 aromatic rings. The van der Waals surface area contributed by atoms with Crippen molar-refractivity contribution in [2.75, 3.05) is 11.1 Å². The summed E-state index contributed by atoms with van der Waals surface area (Å²) in [7, 11) is 0. The maximum Gasteiger partial charge on any atom is 0.330 e. The smallest absolute Gasteiger partial charge is 0.330 e. The van der Waals surface area contributed by atoms with Gasteiger partial charge in [-0.05, 0) is 60.1 Å². The molecule has 0 aliphatic heterocycles. The molecule has 2 aromatic carbocycles. The Labute approximate surface area is 143 Å². The van der Waals surface area contributed by atoms with Crippen LogP contribution in [0.2, 0.25) is 0 Å². The molecule has 0 aromatic heterocycles. The van der Waals surface area contributed by atoms with Crippen molar-refractivity contribution in [3.8, 4) is 0 Å². The number of nitrogens with one attached hydrogen (secondary N) is 2. The second-order valence-electron chi connectivity index (χ2n) is 5.11. The Balaban J connectivity index is 2.26. The van der Waals surface area contributed by atoms with E-state index in [2.05, 4.69) is 5.32 Å². The molecule has 6 nitrogen and oxygen atoms in total. The number of aliphatic carboxylic acids is 1. The van der Waals surface area contributed by atoms with E-state index in [-0.39, 0.29) is 5.84 Å². The Morgan fingerprint density at radius 1 is 1.33 bits per heavy atom. The quantitative estimate of drug-likeness (QED) is 0.348. The molecule has 0 aliphatic carbocycles. The highest BCUT2D eigenvalue weighted by molar-refractivity contribution is 7.91. The fraction of sp³-hybridized carbons (Fsp3) is 0.176. The Morgan fingerprint density at radius 3 is 2.54 bits per heavy atom. The summed E-state index contributed by atoms with van der Waals surface area (Å²) < 4.78 is 11.9. The van der Waals surface area contributed by atoms with Crippen LogP contribution in [0.1, 0.15) is 24.1 Å². The second-order valence-corrected chi connectivity index (χ2v) is 6.85. The first-order valence-corrected chi connectivity index (χ1v) is 8.66. The second kappa shape index (κ2) is 7.85. The number of benzene rings is 2. The lowest BCUT2D eigenvalue weighted by Gasteiger charge is -2.17. The Kier molecular flexibility index (Phi) is 5.83. The van der Waals surface area contributed by atoms with Crippen LogP contribution in [-0.4, -0.2) is 27.2 Å². The van der Waals surface area contributed by atoms with Gasteiger partial charge in [0.2, 0.25) is 0 Å². The molecule has 0 aliphatic rings. The lowest BCUT2D eigenvalue weighted by atomic mass is 10.1. The molecule has 2 unspecified atom stereocenters. The number of amidine groups is 1. The highest BCUT2D eigenvalue weighted by atomic mass is 32.2. The van der Waals surface area contributed by atoms with Crippen LogP contribution in [0.5, 0.6) is 0 Å². The minimum absolute atomic E-state index is 0.0499. The molecule has 0 radical (unpaired) electrons. The largest absolute Gasteiger partial charge is 0.611 e. The van der Waals surface area contributed by atoms with Crippen molar-refractivity contribution in [3.63, 3.8) is 0 Å². The molecule has 5 N–H and O–H groups in total. The Morgan fingerprint density at radius 2 is 2.00 bits per heavy atom. The van der Waals surface area contributed by atoms with Gasteiger partial charge in [0.05, 0.1) is 0 Å². The average Bonchev–Trinajstić information content (AvgIpc) is 2.59. The molecule has 0 saturated carbocycles. The fourth-order valence-corrected chi connectivity index (χ4v) is 3.03. The van der Waals surface area contributed by atoms with E-state index in [0.717, 1.165) is 0 Å². The van der Waals surface area contributed by atoms with E-state index in [1.165, 1.54) is 0 Å². The van der Waals surface area contributed by atoms with Crippen LogP contribution in [-0.2, 0) is 16.0 Å². The van der Waals surface area contributed by atoms with E-state index >= 15 is 0 Å². The lowest BCUT2D eigenvalue weighted by molar-refractivity contribution is -0.138. The molecule has 0 fully saturated rings. The van der Waals surface area contributed by atoms with E-state index in [1.54, 1.807) is 48.5 Å². The molecular weight excluding hydrogens is 326 g/mol. The van der Waals surface area contributed by atoms with Gasteiger partial charge in [-0.15, -0.1) is 0 Å². The van der Waals surface area contributed by atoms with Gasteiger partial charge in [0.25, 0.3) is 0 Å². The van der Waals surface area contributed by atoms with Crippen molar-refractivity contribution >= 4 is 28.7 Å². The normalized spacial score (nSPS) is 13.1. The van der Waals surface area contributed by atoms with Gasteiger partial charge in [0.15, 0.2) is 10.9 Å². The number of hydrogen-bond donors (Lipinski definition) is 4. The third kappa shape index (κ3) is 4.27. The SMILES string of the molecule is CC[S+]([O-])c1cccc(C(Nc2ccc(C(=N)N)cc2)C(=O)O)c1. The van der Waals surface area contributed by atoms with E-state index < -0.39 is 23.2 Å². The number of hydrogen-bond acceptors (Lipinski definition) is 4. The zero-order chi connectivity index (χ0) is 17.7. The van der Waals surface area contributed by atoms with Crippen LogP contribution < -0.4 is 11.1 Å². The average molecular weight is 345 g/mol. The molecule has 0 spiro atoms. The van der Waals surface area contributed by atoms with Crippen LogP contribution in [0.25, 0.3) is 0 Å². The molecule has 2 atom stereocenters. The molecule has 0 bridgehead atoms. The molecule has 24 heavy (non-hydrogen) atoms. The van der Waals surface area contributed by atoms with Gasteiger partial charge >= 0.3 is 5.97 Å². The summed E-state index contributed by atoms with van der Waals surface area (Å²) in [4.78, 5) is 12.2. The van der Waals surface area contributed by atoms with Crippen molar-refractivity contribution < 1.29 is 14.5 Å². The maximum absolute atomic E-state index is 11.9. The zero-order valence-corrected chi connectivity index (χ0v) is 14.0. The van der Waals surface area contributed by atoms with Crippen molar-refractivity contribution in [1.82, 2.24) is 0 Å². The monoisotopic (exact) mass is 345 g/mol. The number of nitrogens with two attached hydrogens (primary N) is 1. The van der Waals surface area contributed by atoms with Crippen molar-refractivity contribution in [2.24, 2.45) is 5.73 Å². The lowest BCUT2D eigenvalue weighted by Crippen LogP contribution is -2.21. The van der Waals surface area contributed by atoms with Crippen LogP contribution in [0.3, 0.4) is 0 Å². The molecule has 0 amide bonds. The highest BCUT2D eigenvalue weighted by Gasteiger charge is 2.21. The van der Waals surface area contributed by atoms with Crippen LogP contribution in [0.15, 0.2) is 53.4 Å². The molecule has 7 heteroatoms. The zero-order valence-electron chi connectivity index (χ0n) is 13.2. The highest BCUT2D eigenvalue weighted by Crippen LogP contribution is 2.23. The third-order valence-electron chi connectivity index (χ3n) is 3.47. The van der Waals surface area contributed by atoms with Gasteiger partial charge in [-0.3, -0.25) is 5.41 Å². The fourth-order valence-electron chi connectivity index (χ4n) is 2.20. The number of carboxylic acid groups (broad SMARTS) is 1. The first kappa shape index (κ1) is 17.8. The third-order valence-corrected chi connectivity index (χ3v) is 4.77. The molecule has 2 rings (SSSR count). The summed E-state index contributed by atoms with van der Waals surface area (Å²) in [6.45, 7) is 1.81. The van der Waals surface area contributed by atoms with E-state index in [4.69, 9.17) is 11.1 Å². The minimum atomic E-state index is -1.14. The number of nitrogen functional groups attached to an aromatic ring is 1. The van der Waals surface area contributed by atoms with Crippen LogP contribution in [0.4, 0.5) is 5.69 Å². The summed E-state index contributed by atoms with van der Waals surface area (Å²) >= 11 is -1.14. The van der Waals surface area contributed by atoms with Gasteiger partial charge in [-0.2, -0.15) is 0 Å². The summed E-state index contributed by atoms with van der Waals surface area (Å²) in [6.07, 6.45) is 0. The first-order chi connectivity index (χ1) is 11.4. The molecule has 126 valence electrons. The number of rotatable bonds is 7. The predicted octanol–water partition coefficient (Wildman–Crippen LogP) is 2.34. The van der Waals surface area contributed by atoms with Crippen LogP contribution >= 0.6 is 0 Å². The summed E-state index contributed by atoms with van der Waals surface area (Å²) in [5.41, 5.74) is 7.08.